The predicted molar refractivity (Wildman–Crippen MR) is 86.5 cm³/mol. The van der Waals surface area contributed by atoms with E-state index in [2.05, 4.69) is 22.0 Å². The highest BCUT2D eigenvalue weighted by Gasteiger charge is 2.20. The molecule has 0 N–H and O–H groups in total. The number of amides is 1. The number of carbonyl (C=O) groups excluding carboxylic acids is 1. The van der Waals surface area contributed by atoms with Crippen molar-refractivity contribution in [1.82, 2.24) is 14.8 Å². The van der Waals surface area contributed by atoms with Crippen molar-refractivity contribution in [3.63, 3.8) is 0 Å². The maximum atomic E-state index is 12.5. The van der Waals surface area contributed by atoms with Crippen molar-refractivity contribution < 1.29 is 4.79 Å². The Morgan fingerprint density at radius 2 is 1.73 bits per heavy atom. The molecule has 0 saturated carbocycles. The van der Waals surface area contributed by atoms with Crippen molar-refractivity contribution in [2.45, 2.75) is 13.0 Å². The molecule has 3 rings (SSSR count). The van der Waals surface area contributed by atoms with Crippen molar-refractivity contribution >= 4 is 5.91 Å². The average molecular weight is 295 g/mol. The van der Waals surface area contributed by atoms with Gasteiger partial charge in [0.05, 0.1) is 0 Å². The quantitative estimate of drug-likeness (QED) is 0.872. The number of carbonyl (C=O) groups is 1. The first-order valence-corrected chi connectivity index (χ1v) is 7.78. The maximum Gasteiger partial charge on any atom is 0.253 e. The third kappa shape index (κ3) is 3.71. The molecule has 4 heteroatoms. The molecule has 0 unspecified atom stereocenters. The number of hydrogen-bond acceptors (Lipinski definition) is 3. The lowest BCUT2D eigenvalue weighted by atomic mass is 10.2. The van der Waals surface area contributed by atoms with E-state index >= 15 is 0 Å². The molecule has 4 nitrogen and oxygen atoms in total. The van der Waals surface area contributed by atoms with Gasteiger partial charge in [0.15, 0.2) is 0 Å². The van der Waals surface area contributed by atoms with E-state index in [1.807, 2.05) is 47.6 Å². The third-order valence-electron chi connectivity index (χ3n) is 4.05. The van der Waals surface area contributed by atoms with Crippen molar-refractivity contribution in [3.8, 4) is 0 Å². The van der Waals surface area contributed by atoms with Crippen LogP contribution in [0.1, 0.15) is 22.3 Å². The Kier molecular flexibility index (Phi) is 4.81. The van der Waals surface area contributed by atoms with Crippen molar-refractivity contribution in [1.29, 1.82) is 0 Å². The summed E-state index contributed by atoms with van der Waals surface area (Å²) in [7, 11) is 0. The summed E-state index contributed by atoms with van der Waals surface area (Å²) in [5, 5.41) is 0. The van der Waals surface area contributed by atoms with Gasteiger partial charge in [-0.3, -0.25) is 14.7 Å². The molecule has 0 aliphatic carbocycles. The lowest BCUT2D eigenvalue weighted by Crippen LogP contribution is -2.35. The standard InChI is InChI=1S/C18H21N3O/c22-18(17-5-2-1-3-6-17)21-12-4-11-20(13-14-21)15-16-7-9-19-10-8-16/h1-3,5-10H,4,11-15H2. The van der Waals surface area contributed by atoms with Gasteiger partial charge in [0.1, 0.15) is 0 Å². The largest absolute Gasteiger partial charge is 0.337 e. The molecule has 1 aromatic carbocycles. The first-order valence-electron chi connectivity index (χ1n) is 7.78. The Labute approximate surface area is 131 Å². The van der Waals surface area contributed by atoms with Crippen LogP contribution in [0.2, 0.25) is 0 Å². The molecule has 1 aliphatic heterocycles. The minimum Gasteiger partial charge on any atom is -0.337 e. The molecule has 1 amide bonds. The smallest absolute Gasteiger partial charge is 0.253 e. The van der Waals surface area contributed by atoms with Gasteiger partial charge in [-0.1, -0.05) is 18.2 Å². The van der Waals surface area contributed by atoms with Crippen LogP contribution in [0.15, 0.2) is 54.9 Å². The minimum absolute atomic E-state index is 0.145. The van der Waals surface area contributed by atoms with Crippen LogP contribution in [0.3, 0.4) is 0 Å². The second-order valence-electron chi connectivity index (χ2n) is 5.64. The lowest BCUT2D eigenvalue weighted by Gasteiger charge is -2.22. The first-order chi connectivity index (χ1) is 10.8. The van der Waals surface area contributed by atoms with Gasteiger partial charge in [-0.15, -0.1) is 0 Å². The molecule has 1 aromatic heterocycles. The summed E-state index contributed by atoms with van der Waals surface area (Å²) >= 11 is 0. The minimum atomic E-state index is 0.145. The fourth-order valence-electron chi connectivity index (χ4n) is 2.84. The number of pyridine rings is 1. The number of hydrogen-bond donors (Lipinski definition) is 0. The topological polar surface area (TPSA) is 36.4 Å². The predicted octanol–water partition coefficient (Wildman–Crippen LogP) is 2.43. The Hall–Kier alpha value is -2.20. The zero-order chi connectivity index (χ0) is 15.2. The molecule has 0 atom stereocenters. The summed E-state index contributed by atoms with van der Waals surface area (Å²) in [5.74, 6) is 0.145. The van der Waals surface area contributed by atoms with Gasteiger partial charge in [0, 0.05) is 50.7 Å². The SMILES string of the molecule is O=C(c1ccccc1)N1CCCN(Cc2ccncc2)CC1. The fourth-order valence-corrected chi connectivity index (χ4v) is 2.84. The fraction of sp³-hybridized carbons (Fsp3) is 0.333. The van der Waals surface area contributed by atoms with E-state index in [9.17, 15) is 4.79 Å². The number of nitrogens with zero attached hydrogens (tertiary/aromatic N) is 3. The molecule has 1 aliphatic rings. The Morgan fingerprint density at radius 3 is 2.50 bits per heavy atom. The zero-order valence-electron chi connectivity index (χ0n) is 12.7. The van der Waals surface area contributed by atoms with E-state index in [-0.39, 0.29) is 5.91 Å². The number of aromatic nitrogens is 1. The average Bonchev–Trinajstić information content (AvgIpc) is 2.82. The Morgan fingerprint density at radius 1 is 0.955 bits per heavy atom. The lowest BCUT2D eigenvalue weighted by molar-refractivity contribution is 0.0761. The van der Waals surface area contributed by atoms with E-state index in [1.165, 1.54) is 5.56 Å². The van der Waals surface area contributed by atoms with E-state index in [0.29, 0.717) is 0 Å². The van der Waals surface area contributed by atoms with Crippen LogP contribution in [0.25, 0.3) is 0 Å². The van der Waals surface area contributed by atoms with Crippen LogP contribution in [0, 0.1) is 0 Å². The molecule has 0 spiro atoms. The van der Waals surface area contributed by atoms with Crippen LogP contribution in [0.4, 0.5) is 0 Å². The first kappa shape index (κ1) is 14.7. The van der Waals surface area contributed by atoms with E-state index in [1.54, 1.807) is 0 Å². The second kappa shape index (κ2) is 7.18. The summed E-state index contributed by atoms with van der Waals surface area (Å²) in [5.41, 5.74) is 2.06. The molecule has 1 saturated heterocycles. The van der Waals surface area contributed by atoms with Gasteiger partial charge < -0.3 is 4.90 Å². The van der Waals surface area contributed by atoms with Crippen LogP contribution in [0.5, 0.6) is 0 Å². The normalized spacial score (nSPS) is 16.3. The highest BCUT2D eigenvalue weighted by molar-refractivity contribution is 5.94. The molecule has 114 valence electrons. The van der Waals surface area contributed by atoms with Gasteiger partial charge in [0.2, 0.25) is 0 Å². The summed E-state index contributed by atoms with van der Waals surface area (Å²) < 4.78 is 0. The Balaban J connectivity index is 1.59. The van der Waals surface area contributed by atoms with Crippen LogP contribution >= 0.6 is 0 Å². The summed E-state index contributed by atoms with van der Waals surface area (Å²) in [6.07, 6.45) is 4.68. The van der Waals surface area contributed by atoms with Gasteiger partial charge in [0.25, 0.3) is 5.91 Å². The summed E-state index contributed by atoms with van der Waals surface area (Å²) in [6, 6.07) is 13.7. The molecular weight excluding hydrogens is 274 g/mol. The van der Waals surface area contributed by atoms with Crippen LogP contribution in [-0.4, -0.2) is 46.9 Å². The highest BCUT2D eigenvalue weighted by atomic mass is 16.2. The zero-order valence-corrected chi connectivity index (χ0v) is 12.7. The Bertz CT molecular complexity index is 600. The second-order valence-corrected chi connectivity index (χ2v) is 5.64. The molecule has 1 fully saturated rings. The third-order valence-corrected chi connectivity index (χ3v) is 4.05. The maximum absolute atomic E-state index is 12.5. The molecule has 22 heavy (non-hydrogen) atoms. The van der Waals surface area contributed by atoms with Gasteiger partial charge >= 0.3 is 0 Å². The van der Waals surface area contributed by atoms with E-state index < -0.39 is 0 Å². The van der Waals surface area contributed by atoms with Gasteiger partial charge in [-0.05, 0) is 36.2 Å². The van der Waals surface area contributed by atoms with Gasteiger partial charge in [-0.25, -0.2) is 0 Å². The van der Waals surface area contributed by atoms with Gasteiger partial charge in [-0.2, -0.15) is 0 Å². The van der Waals surface area contributed by atoms with E-state index in [4.69, 9.17) is 0 Å². The van der Waals surface area contributed by atoms with Crippen molar-refractivity contribution in [3.05, 3.63) is 66.0 Å². The highest BCUT2D eigenvalue weighted by Crippen LogP contribution is 2.11. The van der Waals surface area contributed by atoms with Crippen molar-refractivity contribution in [2.24, 2.45) is 0 Å². The van der Waals surface area contributed by atoms with Crippen molar-refractivity contribution in [2.75, 3.05) is 26.2 Å². The monoisotopic (exact) mass is 295 g/mol. The number of rotatable bonds is 3. The molecule has 0 radical (unpaired) electrons. The molecular formula is C18H21N3O. The molecule has 0 bridgehead atoms. The van der Waals surface area contributed by atoms with Crippen LogP contribution in [-0.2, 0) is 6.54 Å². The van der Waals surface area contributed by atoms with Crippen LogP contribution < -0.4 is 0 Å². The molecule has 2 heterocycles. The summed E-state index contributed by atoms with van der Waals surface area (Å²) in [4.78, 5) is 21.0. The summed E-state index contributed by atoms with van der Waals surface area (Å²) in [6.45, 7) is 4.50. The number of benzene rings is 1. The molecule has 2 aromatic rings. The van der Waals surface area contributed by atoms with E-state index in [0.717, 1.165) is 44.7 Å².